The van der Waals surface area contributed by atoms with E-state index in [0.717, 1.165) is 26.6 Å². The van der Waals surface area contributed by atoms with Gasteiger partial charge in [-0.2, -0.15) is 9.78 Å². The van der Waals surface area contributed by atoms with Crippen molar-refractivity contribution in [1.29, 1.82) is 0 Å². The van der Waals surface area contributed by atoms with Crippen molar-refractivity contribution < 1.29 is 9.18 Å². The Kier molecular flexibility index (Phi) is 6.94. The fourth-order valence-electron chi connectivity index (χ4n) is 4.56. The number of aromatic nitrogens is 3. The molecule has 7 nitrogen and oxygen atoms in total. The zero-order valence-electron chi connectivity index (χ0n) is 22.0. The molecule has 39 heavy (non-hydrogen) atoms. The average Bonchev–Trinajstić information content (AvgIpc) is 3.15. The van der Waals surface area contributed by atoms with E-state index in [4.69, 9.17) is 4.98 Å². The molecule has 198 valence electrons. The van der Waals surface area contributed by atoms with Gasteiger partial charge >= 0.3 is 0 Å². The van der Waals surface area contributed by atoms with E-state index in [1.54, 1.807) is 12.3 Å². The van der Waals surface area contributed by atoms with Crippen LogP contribution in [-0.2, 0) is 16.8 Å². The van der Waals surface area contributed by atoms with Crippen LogP contribution in [0.3, 0.4) is 0 Å². The Morgan fingerprint density at radius 3 is 2.51 bits per heavy atom. The zero-order valence-corrected chi connectivity index (χ0v) is 23.6. The normalized spacial score (nSPS) is 12.1. The summed E-state index contributed by atoms with van der Waals surface area (Å²) in [6.45, 7) is 7.93. The lowest BCUT2D eigenvalue weighted by atomic mass is 9.95. The molecule has 0 saturated carbocycles. The Hall–Kier alpha value is -4.11. The van der Waals surface area contributed by atoms with Crippen LogP contribution in [0.15, 0.2) is 81.1 Å². The number of benzene rings is 3. The minimum absolute atomic E-state index is 0.0519. The lowest BCUT2D eigenvalue weighted by Gasteiger charge is -2.20. The van der Waals surface area contributed by atoms with Crippen LogP contribution < -0.4 is 10.9 Å². The molecule has 0 atom stereocenters. The molecule has 0 bridgehead atoms. The number of anilines is 1. The van der Waals surface area contributed by atoms with E-state index in [1.807, 2.05) is 68.7 Å². The molecule has 0 aliphatic heterocycles. The summed E-state index contributed by atoms with van der Waals surface area (Å²) in [5.74, 6) is -0.0738. The molecular weight excluding hydrogens is 561 g/mol. The number of halogens is 2. The van der Waals surface area contributed by atoms with E-state index in [0.29, 0.717) is 22.4 Å². The molecule has 2 heterocycles. The van der Waals surface area contributed by atoms with E-state index in [1.165, 1.54) is 28.9 Å². The Bertz CT molecular complexity index is 1810. The van der Waals surface area contributed by atoms with Gasteiger partial charge < -0.3 is 9.88 Å². The van der Waals surface area contributed by atoms with Crippen LogP contribution in [-0.4, -0.2) is 26.3 Å². The number of rotatable bonds is 5. The molecule has 0 radical (unpaired) electrons. The highest BCUT2D eigenvalue weighted by molar-refractivity contribution is 9.10. The number of amides is 1. The summed E-state index contributed by atoms with van der Waals surface area (Å²) >= 11 is 3.44. The van der Waals surface area contributed by atoms with Gasteiger partial charge in [0.25, 0.3) is 5.56 Å². The van der Waals surface area contributed by atoms with Gasteiger partial charge in [-0.25, -0.2) is 9.37 Å². The third-order valence-corrected chi connectivity index (χ3v) is 6.98. The van der Waals surface area contributed by atoms with Crippen molar-refractivity contribution in [2.45, 2.75) is 39.7 Å². The number of para-hydroxylation sites is 1. The molecule has 1 N–H and O–H groups in total. The minimum Gasteiger partial charge on any atom is -0.335 e. The summed E-state index contributed by atoms with van der Waals surface area (Å²) in [6, 6.07) is 18.8. The highest BCUT2D eigenvalue weighted by Gasteiger charge is 2.23. The van der Waals surface area contributed by atoms with E-state index < -0.39 is 5.41 Å². The number of carbonyl (C=O) groups is 1. The van der Waals surface area contributed by atoms with Crippen LogP contribution in [0.4, 0.5) is 10.1 Å². The van der Waals surface area contributed by atoms with Crippen molar-refractivity contribution >= 4 is 55.5 Å². The first kappa shape index (κ1) is 26.5. The molecular formula is C30H27BrFN5O2. The first-order valence-corrected chi connectivity index (χ1v) is 13.2. The van der Waals surface area contributed by atoms with Gasteiger partial charge in [-0.05, 0) is 55.5 Å². The number of nitrogens with zero attached hydrogens (tertiary/aromatic N) is 4. The number of fused-ring (bicyclic) bond motifs is 2. The number of nitrogens with one attached hydrogen (secondary N) is 1. The van der Waals surface area contributed by atoms with Gasteiger partial charge in [-0.3, -0.25) is 9.59 Å². The van der Waals surface area contributed by atoms with E-state index in [-0.39, 0.29) is 23.8 Å². The largest absolute Gasteiger partial charge is 0.335 e. The third kappa shape index (κ3) is 5.27. The maximum absolute atomic E-state index is 13.6. The number of hydrogen-bond acceptors (Lipinski definition) is 4. The lowest BCUT2D eigenvalue weighted by molar-refractivity contribution is -0.116. The Morgan fingerprint density at radius 2 is 1.79 bits per heavy atom. The van der Waals surface area contributed by atoms with Crippen LogP contribution in [0, 0.1) is 12.7 Å². The SMILES string of the molecule is Cc1c(C=Nn2c(C(C)(C)C)nc3ccc(Br)cc3c2=O)c2ccccc2n1CC(=O)Nc1ccc(F)cc1. The zero-order chi connectivity index (χ0) is 27.9. The molecule has 0 saturated heterocycles. The molecule has 5 rings (SSSR count). The van der Waals surface area contributed by atoms with Crippen LogP contribution in [0.1, 0.15) is 37.9 Å². The fourth-order valence-corrected chi connectivity index (χ4v) is 4.92. The van der Waals surface area contributed by atoms with Crippen molar-refractivity contribution in [2.24, 2.45) is 5.10 Å². The predicted octanol–water partition coefficient (Wildman–Crippen LogP) is 6.38. The van der Waals surface area contributed by atoms with E-state index in [2.05, 4.69) is 26.3 Å². The van der Waals surface area contributed by atoms with Crippen LogP contribution in [0.25, 0.3) is 21.8 Å². The van der Waals surface area contributed by atoms with Crippen LogP contribution in [0.5, 0.6) is 0 Å². The molecule has 0 unspecified atom stereocenters. The van der Waals surface area contributed by atoms with E-state index >= 15 is 0 Å². The monoisotopic (exact) mass is 587 g/mol. The van der Waals surface area contributed by atoms with Crippen molar-refractivity contribution in [1.82, 2.24) is 14.2 Å². The third-order valence-electron chi connectivity index (χ3n) is 6.49. The minimum atomic E-state index is -0.445. The molecule has 3 aromatic carbocycles. The highest BCUT2D eigenvalue weighted by atomic mass is 79.9. The molecule has 0 aliphatic carbocycles. The second kappa shape index (κ2) is 10.2. The quantitative estimate of drug-likeness (QED) is 0.242. The standard InChI is InChI=1S/C30H27BrFN5O2/c1-18-24(16-33-37-28(39)23-15-19(31)9-14-25(23)35-29(37)30(2,3)4)22-7-5-6-8-26(22)36(18)17-27(38)34-21-12-10-20(32)11-13-21/h5-16H,17H2,1-4H3,(H,34,38). The summed E-state index contributed by atoms with van der Waals surface area (Å²) in [7, 11) is 0. The van der Waals surface area contributed by atoms with Crippen molar-refractivity contribution in [3.8, 4) is 0 Å². The average molecular weight is 588 g/mol. The Balaban J connectivity index is 1.58. The van der Waals surface area contributed by atoms with Gasteiger partial charge in [0.05, 0.1) is 17.1 Å². The maximum atomic E-state index is 13.6. The molecule has 0 spiro atoms. The van der Waals surface area contributed by atoms with Gasteiger partial charge in [0, 0.05) is 37.7 Å². The molecule has 1 amide bonds. The Morgan fingerprint density at radius 1 is 1.08 bits per heavy atom. The predicted molar refractivity (Wildman–Crippen MR) is 157 cm³/mol. The van der Waals surface area contributed by atoms with Crippen molar-refractivity contribution in [3.63, 3.8) is 0 Å². The number of carbonyl (C=O) groups excluding carboxylic acids is 1. The van der Waals surface area contributed by atoms with Gasteiger partial charge in [-0.1, -0.05) is 54.9 Å². The second-order valence-corrected chi connectivity index (χ2v) is 11.3. The smallest absolute Gasteiger partial charge is 0.282 e. The van der Waals surface area contributed by atoms with Gasteiger partial charge in [0.2, 0.25) is 5.91 Å². The molecule has 0 fully saturated rings. The van der Waals surface area contributed by atoms with Crippen molar-refractivity contribution in [3.05, 3.63) is 104 Å². The summed E-state index contributed by atoms with van der Waals surface area (Å²) in [4.78, 5) is 31.2. The van der Waals surface area contributed by atoms with Gasteiger partial charge in [-0.15, -0.1) is 0 Å². The lowest BCUT2D eigenvalue weighted by Crippen LogP contribution is -2.29. The number of hydrogen-bond donors (Lipinski definition) is 1. The summed E-state index contributed by atoms with van der Waals surface area (Å²) in [6.07, 6.45) is 1.66. The molecule has 2 aromatic heterocycles. The molecule has 0 aliphatic rings. The van der Waals surface area contributed by atoms with Gasteiger partial charge in [0.1, 0.15) is 18.2 Å². The summed E-state index contributed by atoms with van der Waals surface area (Å²) < 4.78 is 17.3. The summed E-state index contributed by atoms with van der Waals surface area (Å²) in [5, 5.41) is 8.83. The Labute approximate surface area is 233 Å². The van der Waals surface area contributed by atoms with Crippen LogP contribution >= 0.6 is 15.9 Å². The van der Waals surface area contributed by atoms with Gasteiger partial charge in [0.15, 0.2) is 0 Å². The first-order chi connectivity index (χ1) is 18.5. The van der Waals surface area contributed by atoms with Crippen LogP contribution in [0.2, 0.25) is 0 Å². The van der Waals surface area contributed by atoms with Crippen molar-refractivity contribution in [2.75, 3.05) is 5.32 Å². The maximum Gasteiger partial charge on any atom is 0.282 e. The molecule has 5 aromatic rings. The topological polar surface area (TPSA) is 81.3 Å². The van der Waals surface area contributed by atoms with E-state index in [9.17, 15) is 14.0 Å². The molecule has 9 heteroatoms. The second-order valence-electron chi connectivity index (χ2n) is 10.4. The summed E-state index contributed by atoms with van der Waals surface area (Å²) in [5.41, 5.74) is 2.88. The first-order valence-electron chi connectivity index (χ1n) is 12.4. The fraction of sp³-hybridized carbons (Fsp3) is 0.200. The highest BCUT2D eigenvalue weighted by Crippen LogP contribution is 2.26.